The number of ether oxygens (including phenoxy) is 2. The molecule has 0 unspecified atom stereocenters. The number of methoxy groups -OCH3 is 1. The van der Waals surface area contributed by atoms with Crippen LogP contribution in [0.5, 0.6) is 5.75 Å². The zero-order valence-corrected chi connectivity index (χ0v) is 22.6. The number of piperazine rings is 1. The van der Waals surface area contributed by atoms with Gasteiger partial charge < -0.3 is 25.0 Å². The number of rotatable bonds is 8. The van der Waals surface area contributed by atoms with Gasteiger partial charge in [-0.05, 0) is 18.2 Å². The zero-order chi connectivity index (χ0) is 27.6. The Bertz CT molecular complexity index is 1560. The van der Waals surface area contributed by atoms with Crippen molar-refractivity contribution >= 4 is 39.7 Å². The van der Waals surface area contributed by atoms with Gasteiger partial charge in [0, 0.05) is 56.3 Å². The molecule has 4 heterocycles. The summed E-state index contributed by atoms with van der Waals surface area (Å²) in [6.45, 7) is 8.75. The molecule has 2 aromatic carbocycles. The Morgan fingerprint density at radius 3 is 2.65 bits per heavy atom. The van der Waals surface area contributed by atoms with Crippen molar-refractivity contribution in [3.05, 3.63) is 61.6 Å². The summed E-state index contributed by atoms with van der Waals surface area (Å²) in [5.74, 6) is 0.953. The maximum absolute atomic E-state index is 12.4. The summed E-state index contributed by atoms with van der Waals surface area (Å²) in [4.78, 5) is 26.0. The third-order valence-electron chi connectivity index (χ3n) is 7.53. The average molecular weight is 541 g/mol. The third-order valence-corrected chi connectivity index (χ3v) is 7.53. The van der Waals surface area contributed by atoms with Gasteiger partial charge in [0.2, 0.25) is 5.91 Å². The second-order valence-electron chi connectivity index (χ2n) is 9.93. The number of amides is 1. The van der Waals surface area contributed by atoms with E-state index in [1.807, 2.05) is 48.3 Å². The van der Waals surface area contributed by atoms with Crippen LogP contribution < -0.4 is 20.3 Å². The molecule has 2 N–H and O–H groups in total. The monoisotopic (exact) mass is 540 g/mol. The first-order valence-corrected chi connectivity index (χ1v) is 13.3. The lowest BCUT2D eigenvalue weighted by Gasteiger charge is -2.43. The molecule has 11 heteroatoms. The number of hydrogen-bond acceptors (Lipinski definition) is 9. The summed E-state index contributed by atoms with van der Waals surface area (Å²) in [6.07, 6.45) is 4.64. The minimum absolute atomic E-state index is 0.280. The molecule has 1 amide bonds. The Kier molecular flexibility index (Phi) is 7.06. The molecule has 2 aliphatic heterocycles. The fourth-order valence-corrected chi connectivity index (χ4v) is 5.17. The van der Waals surface area contributed by atoms with Crippen LogP contribution in [0.4, 0.5) is 22.9 Å². The van der Waals surface area contributed by atoms with Gasteiger partial charge in [0.05, 0.1) is 60.8 Å². The minimum Gasteiger partial charge on any atom is -0.494 e. The molecule has 0 saturated carbocycles. The number of nitrogens with zero attached hydrogens (tertiary/aromatic N) is 6. The molecule has 2 aromatic heterocycles. The molecule has 0 bridgehead atoms. The van der Waals surface area contributed by atoms with Crippen LogP contribution in [0.25, 0.3) is 22.2 Å². The van der Waals surface area contributed by atoms with Gasteiger partial charge in [-0.25, -0.2) is 9.97 Å². The quantitative estimate of drug-likeness (QED) is 0.325. The van der Waals surface area contributed by atoms with Crippen LogP contribution in [0.2, 0.25) is 0 Å². The molecule has 2 aliphatic rings. The highest BCUT2D eigenvalue weighted by Crippen LogP contribution is 2.39. The number of nitrogens with one attached hydrogen (secondary N) is 2. The summed E-state index contributed by atoms with van der Waals surface area (Å²) in [6, 6.07) is 12.3. The molecule has 0 aliphatic carbocycles. The fraction of sp³-hybridized carbons (Fsp3) is 0.310. The topological polar surface area (TPSA) is 110 Å². The summed E-state index contributed by atoms with van der Waals surface area (Å²) >= 11 is 0. The van der Waals surface area contributed by atoms with Gasteiger partial charge in [-0.1, -0.05) is 18.7 Å². The highest BCUT2D eigenvalue weighted by atomic mass is 16.5. The van der Waals surface area contributed by atoms with Crippen LogP contribution in [-0.4, -0.2) is 83.1 Å². The van der Waals surface area contributed by atoms with Crippen molar-refractivity contribution in [2.75, 3.05) is 62.0 Å². The van der Waals surface area contributed by atoms with Crippen LogP contribution in [0.1, 0.15) is 0 Å². The summed E-state index contributed by atoms with van der Waals surface area (Å²) in [5.41, 5.74) is 4.98. The predicted octanol–water partition coefficient (Wildman–Crippen LogP) is 3.43. The smallest absolute Gasteiger partial charge is 0.247 e. The van der Waals surface area contributed by atoms with E-state index in [1.165, 1.54) is 12.4 Å². The SMILES string of the molecule is C=CC(=O)Nc1cc(Nc2cc(-c3ccc4cnn(C)c4c3)ncn2)c(OC)cc1N1CCN(C2COC2)CC1. The van der Waals surface area contributed by atoms with Crippen molar-refractivity contribution in [2.24, 2.45) is 7.05 Å². The fourth-order valence-electron chi connectivity index (χ4n) is 5.17. The molecule has 206 valence electrons. The van der Waals surface area contributed by atoms with E-state index >= 15 is 0 Å². The Morgan fingerprint density at radius 1 is 1.10 bits per heavy atom. The van der Waals surface area contributed by atoms with Gasteiger partial charge in [-0.3, -0.25) is 14.4 Å². The first-order valence-electron chi connectivity index (χ1n) is 13.3. The average Bonchev–Trinajstić information content (AvgIpc) is 3.32. The number of anilines is 4. The Labute approximate surface area is 232 Å². The van der Waals surface area contributed by atoms with E-state index in [-0.39, 0.29) is 5.91 Å². The van der Waals surface area contributed by atoms with Crippen LogP contribution in [0.15, 0.2) is 61.6 Å². The molecule has 40 heavy (non-hydrogen) atoms. The molecule has 0 spiro atoms. The van der Waals surface area contributed by atoms with Crippen molar-refractivity contribution in [1.82, 2.24) is 24.6 Å². The van der Waals surface area contributed by atoms with Gasteiger partial charge in [-0.2, -0.15) is 5.10 Å². The maximum Gasteiger partial charge on any atom is 0.247 e. The number of aryl methyl sites for hydroxylation is 1. The van der Waals surface area contributed by atoms with Crippen LogP contribution in [-0.2, 0) is 16.6 Å². The van der Waals surface area contributed by atoms with Crippen molar-refractivity contribution in [2.45, 2.75) is 6.04 Å². The van der Waals surface area contributed by atoms with Crippen LogP contribution in [0.3, 0.4) is 0 Å². The maximum atomic E-state index is 12.4. The van der Waals surface area contributed by atoms with Gasteiger partial charge in [0.25, 0.3) is 0 Å². The van der Waals surface area contributed by atoms with E-state index in [1.54, 1.807) is 7.11 Å². The highest BCUT2D eigenvalue weighted by molar-refractivity contribution is 6.02. The Morgan fingerprint density at radius 2 is 1.93 bits per heavy atom. The molecule has 6 rings (SSSR count). The van der Waals surface area contributed by atoms with E-state index in [2.05, 4.69) is 48.1 Å². The largest absolute Gasteiger partial charge is 0.494 e. The van der Waals surface area contributed by atoms with E-state index in [9.17, 15) is 4.79 Å². The lowest BCUT2D eigenvalue weighted by Crippen LogP contribution is -2.56. The van der Waals surface area contributed by atoms with Gasteiger partial charge in [-0.15, -0.1) is 0 Å². The number of aromatic nitrogens is 4. The first kappa shape index (κ1) is 25.8. The van der Waals surface area contributed by atoms with Crippen LogP contribution in [0, 0.1) is 0 Å². The number of benzene rings is 2. The second kappa shape index (κ2) is 10.9. The molecular formula is C29H32N8O3. The van der Waals surface area contributed by atoms with E-state index < -0.39 is 0 Å². The molecular weight excluding hydrogens is 508 g/mol. The molecule has 0 radical (unpaired) electrons. The van der Waals surface area contributed by atoms with Crippen molar-refractivity contribution in [1.29, 1.82) is 0 Å². The summed E-state index contributed by atoms with van der Waals surface area (Å²) < 4.78 is 13.0. The number of carbonyl (C=O) groups is 1. The number of fused-ring (bicyclic) bond motifs is 1. The predicted molar refractivity (Wildman–Crippen MR) is 155 cm³/mol. The molecule has 4 aromatic rings. The van der Waals surface area contributed by atoms with Crippen LogP contribution >= 0.6 is 0 Å². The molecule has 11 nitrogen and oxygen atoms in total. The van der Waals surface area contributed by atoms with E-state index in [0.29, 0.717) is 29.0 Å². The third kappa shape index (κ3) is 5.08. The van der Waals surface area contributed by atoms with E-state index in [0.717, 1.165) is 67.2 Å². The van der Waals surface area contributed by atoms with Crippen molar-refractivity contribution < 1.29 is 14.3 Å². The number of carbonyl (C=O) groups excluding carboxylic acids is 1. The highest BCUT2D eigenvalue weighted by Gasteiger charge is 2.30. The van der Waals surface area contributed by atoms with E-state index in [4.69, 9.17) is 9.47 Å². The summed E-state index contributed by atoms with van der Waals surface area (Å²) in [5, 5.41) is 11.7. The molecule has 2 fully saturated rings. The zero-order valence-electron chi connectivity index (χ0n) is 22.6. The van der Waals surface area contributed by atoms with Gasteiger partial charge >= 0.3 is 0 Å². The lowest BCUT2D eigenvalue weighted by molar-refractivity contribution is -0.111. The summed E-state index contributed by atoms with van der Waals surface area (Å²) in [7, 11) is 3.55. The van der Waals surface area contributed by atoms with Crippen molar-refractivity contribution in [3.8, 4) is 17.0 Å². The second-order valence-corrected chi connectivity index (χ2v) is 9.93. The Balaban J connectivity index is 1.29. The van der Waals surface area contributed by atoms with Gasteiger partial charge in [0.15, 0.2) is 0 Å². The standard InChI is InChI=1S/C29H32N8O3/c1-4-29(38)34-23-12-24(27(39-3)14-26(23)37-9-7-36(8-10-37)21-16-40-17-21)33-28-13-22(30-18-31-28)19-5-6-20-15-32-35(2)25(20)11-19/h4-6,11-15,18,21H,1,7-10,16-17H2,2-3H3,(H,34,38)(H,30,31,33). The normalized spacial score (nSPS) is 16.0. The minimum atomic E-state index is -0.280. The number of hydrogen-bond donors (Lipinski definition) is 2. The Hall–Kier alpha value is -4.48. The van der Waals surface area contributed by atoms with Gasteiger partial charge in [0.1, 0.15) is 17.9 Å². The molecule has 2 saturated heterocycles. The van der Waals surface area contributed by atoms with Crippen molar-refractivity contribution in [3.63, 3.8) is 0 Å². The first-order chi connectivity index (χ1) is 19.5. The molecule has 0 atom stereocenters. The lowest BCUT2D eigenvalue weighted by atomic mass is 10.1.